The smallest absolute Gasteiger partial charge is 0.170 e. The van der Waals surface area contributed by atoms with Crippen LogP contribution in [0.1, 0.15) is 58.1 Å². The lowest BCUT2D eigenvalue weighted by Gasteiger charge is -2.13. The van der Waals surface area contributed by atoms with E-state index in [-0.39, 0.29) is 0 Å². The molecule has 1 aromatic carbocycles. The highest BCUT2D eigenvalue weighted by molar-refractivity contribution is 7.80. The monoisotopic (exact) mass is 280 g/mol. The van der Waals surface area contributed by atoms with E-state index < -0.39 is 0 Å². The number of hydrogen-bond donors (Lipinski definition) is 2. The number of hydrogen-bond acceptors (Lipinski definition) is 1. The minimum Gasteiger partial charge on any atom is -0.363 e. The van der Waals surface area contributed by atoms with E-state index in [0.29, 0.717) is 11.0 Å². The summed E-state index contributed by atoms with van der Waals surface area (Å²) in [5.74, 6) is 0.565. The SMILES string of the molecule is CCC.CCNC(=S)Nc1ccc(C(C)C)c(C)c1. The van der Waals surface area contributed by atoms with Crippen LogP contribution in [0.25, 0.3) is 0 Å². The van der Waals surface area contributed by atoms with Gasteiger partial charge in [-0.1, -0.05) is 40.2 Å². The largest absolute Gasteiger partial charge is 0.363 e. The molecule has 2 N–H and O–H groups in total. The summed E-state index contributed by atoms with van der Waals surface area (Å²) in [5, 5.41) is 6.92. The van der Waals surface area contributed by atoms with Gasteiger partial charge in [-0.2, -0.15) is 0 Å². The molecular weight excluding hydrogens is 252 g/mol. The number of nitrogens with one attached hydrogen (secondary N) is 2. The lowest BCUT2D eigenvalue weighted by Crippen LogP contribution is -2.27. The number of thiocarbonyl (C=S) groups is 1. The van der Waals surface area contributed by atoms with E-state index in [4.69, 9.17) is 12.2 Å². The summed E-state index contributed by atoms with van der Waals surface area (Å²) in [4.78, 5) is 0. The lowest BCUT2D eigenvalue weighted by molar-refractivity contribution is 0.857. The summed E-state index contributed by atoms with van der Waals surface area (Å²) in [6.07, 6.45) is 1.25. The van der Waals surface area contributed by atoms with E-state index in [0.717, 1.165) is 12.2 Å². The van der Waals surface area contributed by atoms with E-state index in [2.05, 4.69) is 63.5 Å². The van der Waals surface area contributed by atoms with E-state index in [1.54, 1.807) is 0 Å². The average Bonchev–Trinajstić information content (AvgIpc) is 2.29. The Morgan fingerprint density at radius 2 is 1.79 bits per heavy atom. The molecule has 3 heteroatoms. The van der Waals surface area contributed by atoms with Crippen LogP contribution in [-0.2, 0) is 0 Å². The van der Waals surface area contributed by atoms with Crippen molar-refractivity contribution in [1.82, 2.24) is 5.32 Å². The normalized spacial score (nSPS) is 9.63. The Morgan fingerprint density at radius 1 is 1.21 bits per heavy atom. The van der Waals surface area contributed by atoms with Crippen molar-refractivity contribution in [2.24, 2.45) is 0 Å². The van der Waals surface area contributed by atoms with Crippen molar-refractivity contribution in [3.63, 3.8) is 0 Å². The first kappa shape index (κ1) is 17.9. The van der Waals surface area contributed by atoms with Crippen LogP contribution in [0.5, 0.6) is 0 Å². The van der Waals surface area contributed by atoms with Crippen molar-refractivity contribution in [3.8, 4) is 0 Å². The second-order valence-corrected chi connectivity index (χ2v) is 5.33. The van der Waals surface area contributed by atoms with Crippen molar-refractivity contribution >= 4 is 23.0 Å². The van der Waals surface area contributed by atoms with Gasteiger partial charge in [0.15, 0.2) is 5.11 Å². The second-order valence-electron chi connectivity index (χ2n) is 4.92. The summed E-state index contributed by atoms with van der Waals surface area (Å²) in [5.41, 5.74) is 3.74. The van der Waals surface area contributed by atoms with Gasteiger partial charge in [0.05, 0.1) is 0 Å². The van der Waals surface area contributed by atoms with Gasteiger partial charge in [-0.05, 0) is 55.2 Å². The van der Waals surface area contributed by atoms with Crippen molar-refractivity contribution in [2.45, 2.75) is 53.9 Å². The predicted molar refractivity (Wildman–Crippen MR) is 91.1 cm³/mol. The summed E-state index contributed by atoms with van der Waals surface area (Å²) < 4.78 is 0. The molecule has 0 aliphatic carbocycles. The molecule has 0 heterocycles. The standard InChI is InChI=1S/C13H20N2S.C3H8/c1-5-14-13(16)15-11-6-7-12(9(2)3)10(4)8-11;1-3-2/h6-9H,5H2,1-4H3,(H2,14,15,16);3H2,1-2H3. The first-order valence-corrected chi connectivity index (χ1v) is 7.52. The first-order chi connectivity index (χ1) is 8.96. The van der Waals surface area contributed by atoms with Gasteiger partial charge in [0.2, 0.25) is 0 Å². The summed E-state index contributed by atoms with van der Waals surface area (Å²) in [6.45, 7) is 13.7. The van der Waals surface area contributed by atoms with Crippen LogP contribution in [0.15, 0.2) is 18.2 Å². The van der Waals surface area contributed by atoms with Crippen LogP contribution in [0.3, 0.4) is 0 Å². The molecule has 0 saturated heterocycles. The highest BCUT2D eigenvalue weighted by atomic mass is 32.1. The van der Waals surface area contributed by atoms with Crippen molar-refractivity contribution in [3.05, 3.63) is 29.3 Å². The van der Waals surface area contributed by atoms with E-state index in [1.807, 2.05) is 6.92 Å². The zero-order chi connectivity index (χ0) is 14.8. The second kappa shape index (κ2) is 9.79. The maximum absolute atomic E-state index is 5.14. The van der Waals surface area contributed by atoms with E-state index in [9.17, 15) is 0 Å². The van der Waals surface area contributed by atoms with Gasteiger partial charge >= 0.3 is 0 Å². The Morgan fingerprint density at radius 3 is 2.21 bits per heavy atom. The minimum absolute atomic E-state index is 0.565. The molecule has 0 bridgehead atoms. The molecule has 0 unspecified atom stereocenters. The Kier molecular flexibility index (Phi) is 9.23. The van der Waals surface area contributed by atoms with Crippen LogP contribution in [0.4, 0.5) is 5.69 Å². The van der Waals surface area contributed by atoms with Crippen LogP contribution < -0.4 is 10.6 Å². The van der Waals surface area contributed by atoms with Gasteiger partial charge in [0, 0.05) is 12.2 Å². The minimum atomic E-state index is 0.565. The Labute approximate surface area is 124 Å². The molecule has 108 valence electrons. The van der Waals surface area contributed by atoms with Gasteiger partial charge in [-0.25, -0.2) is 0 Å². The number of rotatable bonds is 3. The lowest BCUT2D eigenvalue weighted by atomic mass is 9.98. The third-order valence-corrected chi connectivity index (χ3v) is 2.73. The highest BCUT2D eigenvalue weighted by Gasteiger charge is 2.04. The molecule has 2 nitrogen and oxygen atoms in total. The fourth-order valence-electron chi connectivity index (χ4n) is 1.74. The fourth-order valence-corrected chi connectivity index (χ4v) is 2.00. The quantitative estimate of drug-likeness (QED) is 0.775. The summed E-state index contributed by atoms with van der Waals surface area (Å²) in [6, 6.07) is 6.38. The Hall–Kier alpha value is -1.09. The van der Waals surface area contributed by atoms with E-state index >= 15 is 0 Å². The first-order valence-electron chi connectivity index (χ1n) is 7.11. The number of aryl methyl sites for hydroxylation is 1. The van der Waals surface area contributed by atoms with Crippen molar-refractivity contribution < 1.29 is 0 Å². The molecule has 19 heavy (non-hydrogen) atoms. The summed E-state index contributed by atoms with van der Waals surface area (Å²) >= 11 is 5.14. The molecule has 0 atom stereocenters. The van der Waals surface area contributed by atoms with Gasteiger partial charge in [-0.15, -0.1) is 0 Å². The maximum Gasteiger partial charge on any atom is 0.170 e. The van der Waals surface area contributed by atoms with Gasteiger partial charge in [0.25, 0.3) is 0 Å². The Balaban J connectivity index is 0.000000982. The molecule has 0 aromatic heterocycles. The molecule has 0 saturated carbocycles. The zero-order valence-electron chi connectivity index (χ0n) is 13.1. The van der Waals surface area contributed by atoms with Crippen LogP contribution in [0.2, 0.25) is 0 Å². The maximum atomic E-state index is 5.14. The Bertz CT molecular complexity index is 386. The number of benzene rings is 1. The fraction of sp³-hybridized carbons (Fsp3) is 0.562. The third kappa shape index (κ3) is 7.16. The average molecular weight is 280 g/mol. The molecule has 0 radical (unpaired) electrons. The summed E-state index contributed by atoms with van der Waals surface area (Å²) in [7, 11) is 0. The number of anilines is 1. The van der Waals surface area contributed by atoms with E-state index in [1.165, 1.54) is 17.5 Å². The van der Waals surface area contributed by atoms with Crippen molar-refractivity contribution in [2.75, 3.05) is 11.9 Å². The van der Waals surface area contributed by atoms with Gasteiger partial charge in [-0.3, -0.25) is 0 Å². The third-order valence-electron chi connectivity index (χ3n) is 2.49. The molecule has 1 aromatic rings. The van der Waals surface area contributed by atoms with Gasteiger partial charge in [0.1, 0.15) is 0 Å². The van der Waals surface area contributed by atoms with Crippen LogP contribution in [-0.4, -0.2) is 11.7 Å². The molecule has 0 fully saturated rings. The predicted octanol–water partition coefficient (Wildman–Crippen LogP) is 4.84. The van der Waals surface area contributed by atoms with Crippen LogP contribution in [0, 0.1) is 6.92 Å². The molecule has 0 amide bonds. The highest BCUT2D eigenvalue weighted by Crippen LogP contribution is 2.22. The topological polar surface area (TPSA) is 24.1 Å². The molecule has 0 aliphatic heterocycles. The van der Waals surface area contributed by atoms with Gasteiger partial charge < -0.3 is 10.6 Å². The molecular formula is C16H28N2S. The molecule has 0 aliphatic rings. The van der Waals surface area contributed by atoms with Crippen LogP contribution >= 0.6 is 12.2 Å². The molecule has 0 spiro atoms. The van der Waals surface area contributed by atoms with Crippen molar-refractivity contribution in [1.29, 1.82) is 0 Å². The zero-order valence-corrected chi connectivity index (χ0v) is 13.9. The molecule has 1 rings (SSSR count).